The van der Waals surface area contributed by atoms with Crippen LogP contribution in [0, 0.1) is 0 Å². The molecule has 0 N–H and O–H groups in total. The summed E-state index contributed by atoms with van der Waals surface area (Å²) in [6, 6.07) is 9.37. The number of carbonyl (C=O) groups excluding carboxylic acids is 1. The van der Waals surface area contributed by atoms with Crippen molar-refractivity contribution in [3.05, 3.63) is 101 Å². The molecule has 0 bridgehead atoms. The smallest absolute Gasteiger partial charge is 0.256 e. The summed E-state index contributed by atoms with van der Waals surface area (Å²) in [4.78, 5) is 19.4. The molecule has 0 spiro atoms. The quantitative estimate of drug-likeness (QED) is 0.656. The molecular weight excluding hydrogens is 372 g/mol. The molecule has 0 saturated carbocycles. The number of imidazole rings is 1. The molecule has 1 aliphatic carbocycles. The molecule has 6 heteroatoms. The minimum Gasteiger partial charge on any atom is -0.325 e. The van der Waals surface area contributed by atoms with E-state index in [1.165, 1.54) is 0 Å². The van der Waals surface area contributed by atoms with Crippen molar-refractivity contribution in [1.82, 2.24) is 19.0 Å². The van der Waals surface area contributed by atoms with Gasteiger partial charge in [0.1, 0.15) is 0 Å². The molecular formula is C22H17ClN4O. The number of carbonyl (C=O) groups is 1. The summed E-state index contributed by atoms with van der Waals surface area (Å²) < 4.78 is 3.93. The second-order valence-corrected chi connectivity index (χ2v) is 7.20. The van der Waals surface area contributed by atoms with Gasteiger partial charge in [0.25, 0.3) is 5.91 Å². The van der Waals surface area contributed by atoms with E-state index in [1.807, 2.05) is 64.4 Å². The highest BCUT2D eigenvalue weighted by Gasteiger charge is 2.30. The maximum Gasteiger partial charge on any atom is 0.256 e. The number of halogens is 1. The van der Waals surface area contributed by atoms with E-state index in [4.69, 9.17) is 11.6 Å². The van der Waals surface area contributed by atoms with Crippen molar-refractivity contribution in [2.24, 2.45) is 0 Å². The van der Waals surface area contributed by atoms with Crippen LogP contribution >= 0.6 is 11.6 Å². The molecule has 1 unspecified atom stereocenters. The molecule has 28 heavy (non-hydrogen) atoms. The number of rotatable bonds is 2. The SMILES string of the molecule is O=C(c1ccc(-n2ccnc2)cc1Cl)N1Cc2cccn2C=C2C=CC=CC21. The highest BCUT2D eigenvalue weighted by Crippen LogP contribution is 2.29. The van der Waals surface area contributed by atoms with Gasteiger partial charge in [-0.1, -0.05) is 35.9 Å². The van der Waals surface area contributed by atoms with E-state index in [0.29, 0.717) is 17.1 Å². The largest absolute Gasteiger partial charge is 0.325 e. The first kappa shape index (κ1) is 16.8. The molecule has 2 aromatic heterocycles. The van der Waals surface area contributed by atoms with Gasteiger partial charge in [0.15, 0.2) is 0 Å². The minimum atomic E-state index is -0.123. The predicted octanol–water partition coefficient (Wildman–Crippen LogP) is 4.32. The van der Waals surface area contributed by atoms with Crippen LogP contribution in [0.5, 0.6) is 0 Å². The first-order chi connectivity index (χ1) is 13.7. The molecule has 0 fully saturated rings. The Hall–Kier alpha value is -3.31. The number of amides is 1. The van der Waals surface area contributed by atoms with E-state index in [-0.39, 0.29) is 11.9 Å². The third-order valence-electron chi connectivity index (χ3n) is 5.10. The van der Waals surface area contributed by atoms with Crippen LogP contribution in [-0.4, -0.2) is 31.0 Å². The highest BCUT2D eigenvalue weighted by atomic mass is 35.5. The van der Waals surface area contributed by atoms with Crippen molar-refractivity contribution >= 4 is 23.7 Å². The summed E-state index contributed by atoms with van der Waals surface area (Å²) in [5.74, 6) is -0.0901. The second kappa shape index (κ2) is 6.69. The average molecular weight is 389 g/mol. The van der Waals surface area contributed by atoms with Gasteiger partial charge >= 0.3 is 0 Å². The maximum atomic E-state index is 13.5. The third kappa shape index (κ3) is 2.80. The number of aromatic nitrogens is 3. The molecule has 1 amide bonds. The van der Waals surface area contributed by atoms with Gasteiger partial charge in [-0.25, -0.2) is 4.98 Å². The van der Waals surface area contributed by atoms with Gasteiger partial charge < -0.3 is 14.0 Å². The van der Waals surface area contributed by atoms with Gasteiger partial charge in [-0.2, -0.15) is 0 Å². The topological polar surface area (TPSA) is 43.1 Å². The van der Waals surface area contributed by atoms with Gasteiger partial charge in [0.2, 0.25) is 0 Å². The maximum absolute atomic E-state index is 13.5. The van der Waals surface area contributed by atoms with Crippen molar-refractivity contribution in [2.75, 3.05) is 0 Å². The zero-order chi connectivity index (χ0) is 19.1. The van der Waals surface area contributed by atoms with Gasteiger partial charge in [0.05, 0.1) is 29.5 Å². The summed E-state index contributed by atoms with van der Waals surface area (Å²) in [5.41, 5.74) is 3.48. The Bertz CT molecular complexity index is 1140. The Morgan fingerprint density at radius 2 is 2.11 bits per heavy atom. The Morgan fingerprint density at radius 3 is 2.93 bits per heavy atom. The molecule has 138 valence electrons. The lowest BCUT2D eigenvalue weighted by molar-refractivity contribution is 0.0721. The molecule has 1 atom stereocenters. The fourth-order valence-corrected chi connectivity index (χ4v) is 3.93. The summed E-state index contributed by atoms with van der Waals surface area (Å²) in [7, 11) is 0. The van der Waals surface area contributed by atoms with Crippen LogP contribution in [-0.2, 0) is 6.54 Å². The molecule has 5 nitrogen and oxygen atoms in total. The summed E-state index contributed by atoms with van der Waals surface area (Å²) >= 11 is 6.52. The summed E-state index contributed by atoms with van der Waals surface area (Å²) in [6.07, 6.45) is 17.4. The zero-order valence-electron chi connectivity index (χ0n) is 14.9. The lowest BCUT2D eigenvalue weighted by Gasteiger charge is -2.30. The number of hydrogen-bond donors (Lipinski definition) is 0. The molecule has 3 heterocycles. The van der Waals surface area contributed by atoms with E-state index in [0.717, 1.165) is 17.0 Å². The fraction of sp³-hybridized carbons (Fsp3) is 0.0909. The lowest BCUT2D eigenvalue weighted by atomic mass is 10.0. The number of nitrogens with zero attached hydrogens (tertiary/aromatic N) is 4. The van der Waals surface area contributed by atoms with Gasteiger partial charge in [0, 0.05) is 36.2 Å². The predicted molar refractivity (Wildman–Crippen MR) is 109 cm³/mol. The second-order valence-electron chi connectivity index (χ2n) is 6.79. The van der Waals surface area contributed by atoms with Gasteiger partial charge in [-0.15, -0.1) is 0 Å². The van der Waals surface area contributed by atoms with Crippen LogP contribution in [0.2, 0.25) is 5.02 Å². The van der Waals surface area contributed by atoms with Crippen LogP contribution < -0.4 is 0 Å². The van der Waals surface area contributed by atoms with Crippen LogP contribution in [0.4, 0.5) is 0 Å². The monoisotopic (exact) mass is 388 g/mol. The lowest BCUT2D eigenvalue weighted by Crippen LogP contribution is -2.39. The number of benzene rings is 1. The summed E-state index contributed by atoms with van der Waals surface area (Å²) in [6.45, 7) is 0.508. The standard InChI is InChI=1S/C22H17ClN4O/c23-20-12-17(26-11-9-24-15-26)7-8-19(20)22(28)27-14-18-5-3-10-25(18)13-16-4-1-2-6-21(16)27/h1-13,15,21H,14H2. The van der Waals surface area contributed by atoms with Crippen molar-refractivity contribution < 1.29 is 4.79 Å². The first-order valence-electron chi connectivity index (χ1n) is 9.02. The summed E-state index contributed by atoms with van der Waals surface area (Å²) in [5, 5.41) is 0.427. The van der Waals surface area contributed by atoms with E-state index < -0.39 is 0 Å². The Labute approximate surface area is 167 Å². The number of allylic oxidation sites excluding steroid dienone is 2. The van der Waals surface area contributed by atoms with Gasteiger partial charge in [-0.3, -0.25) is 4.79 Å². The molecule has 1 aromatic carbocycles. The molecule has 3 aromatic rings. The molecule has 1 aliphatic heterocycles. The zero-order valence-corrected chi connectivity index (χ0v) is 15.7. The molecule has 2 aliphatic rings. The Morgan fingerprint density at radius 1 is 1.18 bits per heavy atom. The van der Waals surface area contributed by atoms with Crippen LogP contribution in [0.15, 0.2) is 85.1 Å². The minimum absolute atomic E-state index is 0.0901. The Balaban J connectivity index is 1.53. The van der Waals surface area contributed by atoms with Gasteiger partial charge in [-0.05, 0) is 35.9 Å². The van der Waals surface area contributed by atoms with Crippen molar-refractivity contribution in [2.45, 2.75) is 12.6 Å². The average Bonchev–Trinajstić information content (AvgIpc) is 3.36. The van der Waals surface area contributed by atoms with E-state index >= 15 is 0 Å². The van der Waals surface area contributed by atoms with Crippen molar-refractivity contribution in [3.8, 4) is 5.69 Å². The molecule has 5 rings (SSSR count). The van der Waals surface area contributed by atoms with Crippen molar-refractivity contribution in [3.63, 3.8) is 0 Å². The van der Waals surface area contributed by atoms with Crippen LogP contribution in [0.1, 0.15) is 16.1 Å². The number of hydrogen-bond acceptors (Lipinski definition) is 2. The van der Waals surface area contributed by atoms with Crippen LogP contribution in [0.25, 0.3) is 11.9 Å². The highest BCUT2D eigenvalue weighted by molar-refractivity contribution is 6.34. The Kier molecular flexibility index (Phi) is 4.02. The fourth-order valence-electron chi connectivity index (χ4n) is 3.67. The third-order valence-corrected chi connectivity index (χ3v) is 5.42. The van der Waals surface area contributed by atoms with E-state index in [1.54, 1.807) is 24.7 Å². The van der Waals surface area contributed by atoms with E-state index in [9.17, 15) is 4.79 Å². The first-order valence-corrected chi connectivity index (χ1v) is 9.40. The van der Waals surface area contributed by atoms with Crippen LogP contribution in [0.3, 0.4) is 0 Å². The molecule has 0 radical (unpaired) electrons. The molecule has 0 saturated heterocycles. The normalized spacial score (nSPS) is 17.7. The number of fused-ring (bicyclic) bond motifs is 2. The van der Waals surface area contributed by atoms with E-state index in [2.05, 4.69) is 15.8 Å². The van der Waals surface area contributed by atoms with Crippen molar-refractivity contribution in [1.29, 1.82) is 0 Å².